The lowest BCUT2D eigenvalue weighted by Gasteiger charge is -2.07. The van der Waals surface area contributed by atoms with Crippen molar-refractivity contribution in [2.24, 2.45) is 5.73 Å². The number of nitrogens with two attached hydrogens (primary N) is 1. The Morgan fingerprint density at radius 2 is 2.28 bits per heavy atom. The molecule has 0 aromatic carbocycles. The SMILES string of the molecule is CCc1nc2cc(Br)cnc2n1CCOCCN. The number of halogens is 1. The van der Waals surface area contributed by atoms with E-state index >= 15 is 0 Å². The van der Waals surface area contributed by atoms with Crippen molar-refractivity contribution in [2.45, 2.75) is 19.9 Å². The molecular weight excluding hydrogens is 296 g/mol. The van der Waals surface area contributed by atoms with Crippen LogP contribution in [0.1, 0.15) is 12.7 Å². The number of hydrogen-bond donors (Lipinski definition) is 1. The number of pyridine rings is 1. The third kappa shape index (κ3) is 2.88. The molecule has 2 aromatic heterocycles. The molecular formula is C12H17BrN4O. The Morgan fingerprint density at radius 1 is 1.44 bits per heavy atom. The third-order valence-corrected chi connectivity index (χ3v) is 3.10. The smallest absolute Gasteiger partial charge is 0.160 e. The Morgan fingerprint density at radius 3 is 3.00 bits per heavy atom. The first-order valence-corrected chi connectivity index (χ1v) is 6.84. The van der Waals surface area contributed by atoms with Crippen molar-refractivity contribution in [2.75, 3.05) is 19.8 Å². The van der Waals surface area contributed by atoms with Crippen LogP contribution in [0, 0.1) is 0 Å². The first-order valence-electron chi connectivity index (χ1n) is 6.04. The van der Waals surface area contributed by atoms with E-state index in [9.17, 15) is 0 Å². The van der Waals surface area contributed by atoms with Gasteiger partial charge in [0.1, 0.15) is 11.3 Å². The van der Waals surface area contributed by atoms with E-state index in [4.69, 9.17) is 10.5 Å². The number of aryl methyl sites for hydroxylation is 1. The summed E-state index contributed by atoms with van der Waals surface area (Å²) in [5, 5.41) is 0. The average Bonchev–Trinajstić information content (AvgIpc) is 2.71. The molecule has 0 spiro atoms. The molecule has 0 amide bonds. The molecule has 0 radical (unpaired) electrons. The third-order valence-electron chi connectivity index (χ3n) is 2.67. The molecule has 0 fully saturated rings. The highest BCUT2D eigenvalue weighted by molar-refractivity contribution is 9.10. The molecule has 2 N–H and O–H groups in total. The molecule has 2 rings (SSSR count). The predicted molar refractivity (Wildman–Crippen MR) is 74.5 cm³/mol. The maximum absolute atomic E-state index is 5.42. The van der Waals surface area contributed by atoms with Crippen LogP contribution in [0.4, 0.5) is 0 Å². The minimum atomic E-state index is 0.552. The number of fused-ring (bicyclic) bond motifs is 1. The van der Waals surface area contributed by atoms with Crippen LogP contribution in [-0.2, 0) is 17.7 Å². The second-order valence-corrected chi connectivity index (χ2v) is 4.85. The van der Waals surface area contributed by atoms with Gasteiger partial charge in [0.2, 0.25) is 0 Å². The summed E-state index contributed by atoms with van der Waals surface area (Å²) in [6, 6.07) is 1.98. The van der Waals surface area contributed by atoms with E-state index in [2.05, 4.69) is 37.4 Å². The molecule has 0 bridgehead atoms. The van der Waals surface area contributed by atoms with Crippen molar-refractivity contribution < 1.29 is 4.74 Å². The topological polar surface area (TPSA) is 66.0 Å². The molecule has 5 nitrogen and oxygen atoms in total. The lowest BCUT2D eigenvalue weighted by molar-refractivity contribution is 0.133. The summed E-state index contributed by atoms with van der Waals surface area (Å²) in [5.74, 6) is 1.03. The van der Waals surface area contributed by atoms with Crippen LogP contribution in [0.3, 0.4) is 0 Å². The van der Waals surface area contributed by atoms with Crippen LogP contribution < -0.4 is 5.73 Å². The highest BCUT2D eigenvalue weighted by Gasteiger charge is 2.10. The Kier molecular flexibility index (Phi) is 4.68. The number of imidazole rings is 1. The normalized spacial score (nSPS) is 11.3. The summed E-state index contributed by atoms with van der Waals surface area (Å²) in [6.45, 7) is 4.62. The van der Waals surface area contributed by atoms with E-state index in [-0.39, 0.29) is 0 Å². The first-order chi connectivity index (χ1) is 8.76. The summed E-state index contributed by atoms with van der Waals surface area (Å²) in [6.07, 6.45) is 2.67. The fourth-order valence-corrected chi connectivity index (χ4v) is 2.20. The second kappa shape index (κ2) is 6.26. The van der Waals surface area contributed by atoms with Gasteiger partial charge >= 0.3 is 0 Å². The predicted octanol–water partition coefficient (Wildman–Crippen LogP) is 1.73. The van der Waals surface area contributed by atoms with Crippen LogP contribution in [0.25, 0.3) is 11.2 Å². The van der Waals surface area contributed by atoms with E-state index in [0.29, 0.717) is 19.8 Å². The molecule has 0 saturated carbocycles. The second-order valence-electron chi connectivity index (χ2n) is 3.93. The fourth-order valence-electron chi connectivity index (χ4n) is 1.88. The van der Waals surface area contributed by atoms with Gasteiger partial charge in [-0.05, 0) is 22.0 Å². The van der Waals surface area contributed by atoms with Gasteiger partial charge in [-0.3, -0.25) is 0 Å². The highest BCUT2D eigenvalue weighted by Crippen LogP contribution is 2.18. The number of aromatic nitrogens is 3. The van der Waals surface area contributed by atoms with E-state index in [0.717, 1.165) is 34.4 Å². The molecule has 18 heavy (non-hydrogen) atoms. The molecule has 0 aliphatic rings. The standard InChI is InChI=1S/C12H17BrN4O/c1-2-11-16-10-7-9(13)8-15-12(10)17(11)4-6-18-5-3-14/h7-8H,2-6,14H2,1H3. The molecule has 0 aliphatic carbocycles. The molecule has 2 heterocycles. The molecule has 2 aromatic rings. The van der Waals surface area contributed by atoms with Crippen molar-refractivity contribution in [1.29, 1.82) is 0 Å². The minimum Gasteiger partial charge on any atom is -0.378 e. The summed E-state index contributed by atoms with van der Waals surface area (Å²) >= 11 is 3.41. The maximum atomic E-state index is 5.42. The van der Waals surface area contributed by atoms with Crippen molar-refractivity contribution in [3.63, 3.8) is 0 Å². The van der Waals surface area contributed by atoms with Gasteiger partial charge in [-0.15, -0.1) is 0 Å². The Balaban J connectivity index is 2.23. The minimum absolute atomic E-state index is 0.552. The quantitative estimate of drug-likeness (QED) is 0.825. The zero-order valence-electron chi connectivity index (χ0n) is 10.4. The maximum Gasteiger partial charge on any atom is 0.160 e. The monoisotopic (exact) mass is 312 g/mol. The van der Waals surface area contributed by atoms with Gasteiger partial charge in [0, 0.05) is 30.2 Å². The zero-order chi connectivity index (χ0) is 13.0. The molecule has 98 valence electrons. The molecule has 0 atom stereocenters. The first kappa shape index (κ1) is 13.5. The Bertz CT molecular complexity index is 526. The van der Waals surface area contributed by atoms with Crippen molar-refractivity contribution in [3.8, 4) is 0 Å². The zero-order valence-corrected chi connectivity index (χ0v) is 12.0. The fraction of sp³-hybridized carbons (Fsp3) is 0.500. The largest absolute Gasteiger partial charge is 0.378 e. The lowest BCUT2D eigenvalue weighted by atomic mass is 10.4. The van der Waals surface area contributed by atoms with Crippen molar-refractivity contribution in [3.05, 3.63) is 22.6 Å². The van der Waals surface area contributed by atoms with Crippen molar-refractivity contribution in [1.82, 2.24) is 14.5 Å². The average molecular weight is 313 g/mol. The van der Waals surface area contributed by atoms with Gasteiger partial charge < -0.3 is 15.0 Å². The summed E-state index contributed by atoms with van der Waals surface area (Å²) in [4.78, 5) is 9.00. The van der Waals surface area contributed by atoms with E-state index in [1.165, 1.54) is 0 Å². The van der Waals surface area contributed by atoms with Gasteiger partial charge in [0.25, 0.3) is 0 Å². The van der Waals surface area contributed by atoms with Crippen LogP contribution in [0.15, 0.2) is 16.7 Å². The summed E-state index contributed by atoms with van der Waals surface area (Å²) in [7, 11) is 0. The lowest BCUT2D eigenvalue weighted by Crippen LogP contribution is -2.14. The Hall–Kier alpha value is -0.980. The van der Waals surface area contributed by atoms with E-state index in [1.807, 2.05) is 6.07 Å². The molecule has 0 unspecified atom stereocenters. The van der Waals surface area contributed by atoms with Crippen LogP contribution in [0.2, 0.25) is 0 Å². The summed E-state index contributed by atoms with van der Waals surface area (Å²) < 4.78 is 8.47. The molecule has 0 aliphatic heterocycles. The summed E-state index contributed by atoms with van der Waals surface area (Å²) in [5.41, 5.74) is 7.21. The van der Waals surface area contributed by atoms with E-state index in [1.54, 1.807) is 6.20 Å². The number of hydrogen-bond acceptors (Lipinski definition) is 4. The van der Waals surface area contributed by atoms with Gasteiger partial charge in [-0.2, -0.15) is 0 Å². The highest BCUT2D eigenvalue weighted by atomic mass is 79.9. The Labute approximate surface area is 114 Å². The number of ether oxygens (including phenoxy) is 1. The number of rotatable bonds is 6. The molecule has 6 heteroatoms. The van der Waals surface area contributed by atoms with E-state index < -0.39 is 0 Å². The van der Waals surface area contributed by atoms with Crippen LogP contribution in [-0.4, -0.2) is 34.3 Å². The van der Waals surface area contributed by atoms with Gasteiger partial charge in [0.05, 0.1) is 13.2 Å². The number of nitrogens with zero attached hydrogens (tertiary/aromatic N) is 3. The van der Waals surface area contributed by atoms with Crippen molar-refractivity contribution >= 4 is 27.1 Å². The van der Waals surface area contributed by atoms with Crippen LogP contribution >= 0.6 is 15.9 Å². The van der Waals surface area contributed by atoms with Crippen LogP contribution in [0.5, 0.6) is 0 Å². The van der Waals surface area contributed by atoms with Gasteiger partial charge in [-0.1, -0.05) is 6.92 Å². The molecule has 0 saturated heterocycles. The van der Waals surface area contributed by atoms with Gasteiger partial charge in [0.15, 0.2) is 5.65 Å². The van der Waals surface area contributed by atoms with Gasteiger partial charge in [-0.25, -0.2) is 9.97 Å².